The molecule has 2 aromatic rings. The van der Waals surface area contributed by atoms with E-state index in [4.69, 9.17) is 4.52 Å². The molecule has 130 valence electrons. The van der Waals surface area contributed by atoms with Crippen LogP contribution in [0.3, 0.4) is 0 Å². The van der Waals surface area contributed by atoms with Gasteiger partial charge in [0.1, 0.15) is 12.1 Å². The summed E-state index contributed by atoms with van der Waals surface area (Å²) in [6, 6.07) is 7.51. The number of aromatic nitrogens is 2. The van der Waals surface area contributed by atoms with Gasteiger partial charge < -0.3 is 9.84 Å². The quantitative estimate of drug-likeness (QED) is 0.845. The van der Waals surface area contributed by atoms with E-state index in [2.05, 4.69) is 22.4 Å². The van der Waals surface area contributed by atoms with Crippen molar-refractivity contribution in [2.24, 2.45) is 5.92 Å². The average Bonchev–Trinajstić information content (AvgIpc) is 3.34. The molecular weight excluding hydrogens is 320 g/mol. The first-order valence-electron chi connectivity index (χ1n) is 8.57. The molecule has 25 heavy (non-hydrogen) atoms. The summed E-state index contributed by atoms with van der Waals surface area (Å²) in [5.41, 5.74) is 1.27. The average molecular weight is 340 g/mol. The predicted octanol–water partition coefficient (Wildman–Crippen LogP) is 2.52. The lowest BCUT2D eigenvalue weighted by Gasteiger charge is -2.20. The highest BCUT2D eigenvalue weighted by atomic mass is 16.5. The van der Waals surface area contributed by atoms with Gasteiger partial charge in [0.05, 0.1) is 0 Å². The fourth-order valence-electron chi connectivity index (χ4n) is 3.26. The van der Waals surface area contributed by atoms with Gasteiger partial charge in [-0.1, -0.05) is 36.3 Å². The Balaban J connectivity index is 1.51. The van der Waals surface area contributed by atoms with E-state index in [1.54, 1.807) is 6.92 Å². The number of carbonyl (C=O) groups excluding carboxylic acids is 2. The van der Waals surface area contributed by atoms with Crippen molar-refractivity contribution >= 4 is 11.9 Å². The lowest BCUT2D eigenvalue weighted by molar-refractivity contribution is -0.132. The largest absolute Gasteiger partial charge is 0.337 e. The summed E-state index contributed by atoms with van der Waals surface area (Å²) >= 11 is 0. The first kappa shape index (κ1) is 15.8. The molecule has 2 heterocycles. The topological polar surface area (TPSA) is 88.3 Å². The molecule has 0 radical (unpaired) electrons. The van der Waals surface area contributed by atoms with Crippen LogP contribution in [0, 0.1) is 5.92 Å². The highest BCUT2D eigenvalue weighted by molar-refractivity contribution is 6.07. The van der Waals surface area contributed by atoms with Gasteiger partial charge in [-0.25, -0.2) is 4.79 Å². The number of rotatable bonds is 5. The second kappa shape index (κ2) is 5.68. The Kier molecular flexibility index (Phi) is 3.59. The maximum atomic E-state index is 12.6. The number of nitrogens with zero attached hydrogens (tertiary/aromatic N) is 3. The Bertz CT molecular complexity index is 825. The smallest absolute Gasteiger partial charge is 0.325 e. The van der Waals surface area contributed by atoms with Crippen molar-refractivity contribution in [3.8, 4) is 11.4 Å². The Morgan fingerprint density at radius 1 is 1.28 bits per heavy atom. The standard InChI is InChI=1S/C18H20N4O3/c1-3-11-4-6-12(7-5-11)15-19-14(25-21-15)10-22-16(23)18(2,13-8-9-13)20-17(22)24/h4-7,13H,3,8-10H2,1-2H3,(H,20,24). The third-order valence-electron chi connectivity index (χ3n) is 5.08. The number of hydrogen-bond acceptors (Lipinski definition) is 5. The van der Waals surface area contributed by atoms with Crippen molar-refractivity contribution in [3.63, 3.8) is 0 Å². The molecule has 1 saturated heterocycles. The van der Waals surface area contributed by atoms with Crippen LogP contribution in [-0.2, 0) is 17.8 Å². The van der Waals surface area contributed by atoms with Gasteiger partial charge in [-0.2, -0.15) is 4.98 Å². The highest BCUT2D eigenvalue weighted by Crippen LogP contribution is 2.42. The molecule has 1 aliphatic heterocycles. The fraction of sp³-hybridized carbons (Fsp3) is 0.444. The number of aryl methyl sites for hydroxylation is 1. The van der Waals surface area contributed by atoms with E-state index in [0.717, 1.165) is 29.7 Å². The summed E-state index contributed by atoms with van der Waals surface area (Å²) in [6.45, 7) is 3.88. The Labute approximate surface area is 145 Å². The third kappa shape index (κ3) is 2.69. The monoisotopic (exact) mass is 340 g/mol. The van der Waals surface area contributed by atoms with Crippen molar-refractivity contribution < 1.29 is 14.1 Å². The zero-order valence-corrected chi connectivity index (χ0v) is 14.3. The van der Waals surface area contributed by atoms with Crippen molar-refractivity contribution in [3.05, 3.63) is 35.7 Å². The summed E-state index contributed by atoms with van der Waals surface area (Å²) in [6.07, 6.45) is 2.90. The van der Waals surface area contributed by atoms with Gasteiger partial charge in [0.2, 0.25) is 11.7 Å². The number of benzene rings is 1. The Morgan fingerprint density at radius 2 is 2.00 bits per heavy atom. The van der Waals surface area contributed by atoms with Crippen molar-refractivity contribution in [1.82, 2.24) is 20.4 Å². The number of imide groups is 1. The molecule has 7 heteroatoms. The summed E-state index contributed by atoms with van der Waals surface area (Å²) in [5.74, 6) is 0.712. The molecule has 3 amide bonds. The second-order valence-electron chi connectivity index (χ2n) is 6.86. The number of amides is 3. The maximum Gasteiger partial charge on any atom is 0.325 e. The molecule has 4 rings (SSSR count). The SMILES string of the molecule is CCc1ccc(-c2noc(CN3C(=O)NC(C)(C4CC4)C3=O)n2)cc1. The molecular formula is C18H20N4O3. The van der Waals surface area contributed by atoms with Crippen molar-refractivity contribution in [2.45, 2.75) is 45.2 Å². The molecule has 0 bridgehead atoms. The molecule has 2 aliphatic rings. The van der Waals surface area contributed by atoms with Crippen molar-refractivity contribution in [1.29, 1.82) is 0 Å². The molecule has 1 aromatic heterocycles. The van der Waals surface area contributed by atoms with Gasteiger partial charge in [0.15, 0.2) is 0 Å². The molecule has 7 nitrogen and oxygen atoms in total. The molecule has 1 unspecified atom stereocenters. The van der Waals surface area contributed by atoms with Gasteiger partial charge in [0, 0.05) is 5.56 Å². The predicted molar refractivity (Wildman–Crippen MR) is 89.3 cm³/mol. The van der Waals surface area contributed by atoms with E-state index in [-0.39, 0.29) is 24.3 Å². The highest BCUT2D eigenvalue weighted by Gasteiger charge is 2.56. The van der Waals surface area contributed by atoms with E-state index in [9.17, 15) is 9.59 Å². The van der Waals surface area contributed by atoms with Crippen LogP contribution in [0.2, 0.25) is 0 Å². The second-order valence-corrected chi connectivity index (χ2v) is 6.86. The van der Waals surface area contributed by atoms with E-state index < -0.39 is 11.6 Å². The van der Waals surface area contributed by atoms with Gasteiger partial charge in [-0.05, 0) is 37.7 Å². The fourth-order valence-corrected chi connectivity index (χ4v) is 3.26. The first-order chi connectivity index (χ1) is 12.0. The van der Waals surface area contributed by atoms with Crippen LogP contribution < -0.4 is 5.32 Å². The molecule has 2 fully saturated rings. The Hall–Kier alpha value is -2.70. The van der Waals surface area contributed by atoms with Crippen LogP contribution in [0.15, 0.2) is 28.8 Å². The van der Waals surface area contributed by atoms with E-state index in [1.165, 1.54) is 5.56 Å². The molecule has 0 spiro atoms. The van der Waals surface area contributed by atoms with E-state index in [0.29, 0.717) is 5.82 Å². The van der Waals surface area contributed by atoms with Crippen molar-refractivity contribution in [2.75, 3.05) is 0 Å². The van der Waals surface area contributed by atoms with Gasteiger partial charge in [-0.3, -0.25) is 9.69 Å². The number of carbonyl (C=O) groups is 2. The molecule has 1 atom stereocenters. The Morgan fingerprint density at radius 3 is 2.64 bits per heavy atom. The number of urea groups is 1. The third-order valence-corrected chi connectivity index (χ3v) is 5.08. The van der Waals surface area contributed by atoms with Crippen LogP contribution in [0.5, 0.6) is 0 Å². The van der Waals surface area contributed by atoms with Crippen LogP contribution in [-0.4, -0.2) is 32.5 Å². The molecule has 1 aliphatic carbocycles. The van der Waals surface area contributed by atoms with Crippen LogP contribution in [0.4, 0.5) is 4.79 Å². The van der Waals surface area contributed by atoms with Crippen LogP contribution >= 0.6 is 0 Å². The summed E-state index contributed by atoms with van der Waals surface area (Å²) < 4.78 is 5.24. The number of hydrogen-bond donors (Lipinski definition) is 1. The van der Waals surface area contributed by atoms with Crippen LogP contribution in [0.25, 0.3) is 11.4 Å². The zero-order valence-electron chi connectivity index (χ0n) is 14.3. The maximum absolute atomic E-state index is 12.6. The molecule has 1 saturated carbocycles. The minimum atomic E-state index is -0.796. The number of nitrogens with one attached hydrogen (secondary N) is 1. The summed E-state index contributed by atoms with van der Waals surface area (Å²) in [7, 11) is 0. The van der Waals surface area contributed by atoms with Gasteiger partial charge >= 0.3 is 6.03 Å². The van der Waals surface area contributed by atoms with Gasteiger partial charge in [-0.15, -0.1) is 0 Å². The van der Waals surface area contributed by atoms with E-state index in [1.807, 2.05) is 24.3 Å². The summed E-state index contributed by atoms with van der Waals surface area (Å²) in [4.78, 5) is 30.3. The molecule has 1 aromatic carbocycles. The first-order valence-corrected chi connectivity index (χ1v) is 8.57. The normalized spacial score (nSPS) is 23.2. The zero-order chi connectivity index (χ0) is 17.6. The lowest BCUT2D eigenvalue weighted by atomic mass is 9.96. The van der Waals surface area contributed by atoms with Gasteiger partial charge in [0.25, 0.3) is 5.91 Å². The minimum Gasteiger partial charge on any atom is -0.337 e. The van der Waals surface area contributed by atoms with Crippen LogP contribution in [0.1, 0.15) is 38.1 Å². The summed E-state index contributed by atoms with van der Waals surface area (Å²) in [5, 5.41) is 6.77. The van der Waals surface area contributed by atoms with E-state index >= 15 is 0 Å². The lowest BCUT2D eigenvalue weighted by Crippen LogP contribution is -2.46. The molecule has 1 N–H and O–H groups in total. The minimum absolute atomic E-state index is 0.00692.